The van der Waals surface area contributed by atoms with Crippen molar-refractivity contribution in [2.45, 2.75) is 44.6 Å². The van der Waals surface area contributed by atoms with Crippen molar-refractivity contribution in [3.63, 3.8) is 0 Å². The van der Waals surface area contributed by atoms with Crippen molar-refractivity contribution in [1.82, 2.24) is 10.6 Å². The van der Waals surface area contributed by atoms with E-state index in [-0.39, 0.29) is 16.6 Å². The Morgan fingerprint density at radius 3 is 2.63 bits per heavy atom. The first-order valence-corrected chi connectivity index (χ1v) is 9.65. The van der Waals surface area contributed by atoms with Crippen LogP contribution in [0.5, 0.6) is 0 Å². The number of nitrogens with one attached hydrogen (secondary N) is 2. The van der Waals surface area contributed by atoms with E-state index in [0.29, 0.717) is 37.5 Å². The first-order chi connectivity index (χ1) is 12.9. The summed E-state index contributed by atoms with van der Waals surface area (Å²) in [5.74, 6) is -1.05. The molecule has 1 saturated heterocycles. The van der Waals surface area contributed by atoms with E-state index in [1.807, 2.05) is 0 Å². The maximum absolute atomic E-state index is 12.9. The predicted molar refractivity (Wildman–Crippen MR) is 102 cm³/mol. The lowest BCUT2D eigenvalue weighted by Crippen LogP contribution is -2.56. The van der Waals surface area contributed by atoms with E-state index in [0.717, 1.165) is 19.3 Å². The molecule has 1 aromatic rings. The first-order valence-electron chi connectivity index (χ1n) is 9.27. The second kappa shape index (κ2) is 7.76. The Bertz CT molecular complexity index is 759. The summed E-state index contributed by atoms with van der Waals surface area (Å²) in [6, 6.07) is 4.53. The Labute approximate surface area is 163 Å². The summed E-state index contributed by atoms with van der Waals surface area (Å²) in [5.41, 5.74) is -0.543. The molecule has 0 aromatic heterocycles. The Morgan fingerprint density at radius 2 is 2.07 bits per heavy atom. The van der Waals surface area contributed by atoms with E-state index < -0.39 is 17.4 Å². The summed E-state index contributed by atoms with van der Waals surface area (Å²) in [5, 5.41) is 15.4. The Morgan fingerprint density at radius 1 is 1.37 bits per heavy atom. The summed E-state index contributed by atoms with van der Waals surface area (Å²) in [6.07, 6.45) is 3.35. The maximum atomic E-state index is 12.9. The van der Waals surface area contributed by atoms with Gasteiger partial charge >= 0.3 is 12.0 Å². The van der Waals surface area contributed by atoms with Crippen molar-refractivity contribution in [2.24, 2.45) is 5.92 Å². The molecule has 2 fully saturated rings. The number of nitrogens with zero attached hydrogens (tertiary/aromatic N) is 1. The van der Waals surface area contributed by atoms with Gasteiger partial charge in [-0.2, -0.15) is 0 Å². The second-order valence-corrected chi connectivity index (χ2v) is 7.65. The number of carboxylic acids is 1. The second-order valence-electron chi connectivity index (χ2n) is 7.24. The van der Waals surface area contributed by atoms with E-state index in [2.05, 4.69) is 17.6 Å². The van der Waals surface area contributed by atoms with Gasteiger partial charge in [-0.1, -0.05) is 24.9 Å². The van der Waals surface area contributed by atoms with Gasteiger partial charge in [-0.15, -0.1) is 0 Å². The fourth-order valence-corrected chi connectivity index (χ4v) is 4.03. The number of hydrogen-bond acceptors (Lipinski definition) is 3. The van der Waals surface area contributed by atoms with Crippen molar-refractivity contribution in [3.8, 4) is 0 Å². The Balaban J connectivity index is 1.82. The average Bonchev–Trinajstić information content (AvgIpc) is 3.08. The molecular formula is C19H24ClN3O4. The molecule has 146 valence electrons. The van der Waals surface area contributed by atoms with E-state index in [4.69, 9.17) is 11.6 Å². The number of carboxylic acid groups (broad SMARTS) is 1. The largest absolute Gasteiger partial charge is 0.480 e. The third-order valence-electron chi connectivity index (χ3n) is 5.66. The third kappa shape index (κ3) is 3.88. The smallest absolute Gasteiger partial charge is 0.329 e. The zero-order chi connectivity index (χ0) is 19.6. The highest BCUT2D eigenvalue weighted by molar-refractivity contribution is 6.34. The van der Waals surface area contributed by atoms with Gasteiger partial charge in [0, 0.05) is 18.8 Å². The molecule has 0 bridgehead atoms. The molecule has 3 N–H and O–H groups in total. The van der Waals surface area contributed by atoms with Crippen LogP contribution in [0.4, 0.5) is 10.5 Å². The van der Waals surface area contributed by atoms with Crippen LogP contribution in [0.3, 0.4) is 0 Å². The van der Waals surface area contributed by atoms with Crippen LogP contribution in [0, 0.1) is 5.92 Å². The van der Waals surface area contributed by atoms with Gasteiger partial charge in [-0.3, -0.25) is 9.69 Å². The van der Waals surface area contributed by atoms with Crippen LogP contribution in [0.15, 0.2) is 18.2 Å². The molecule has 0 unspecified atom stereocenters. The molecule has 3 amide bonds. The van der Waals surface area contributed by atoms with Crippen LogP contribution >= 0.6 is 11.6 Å². The molecule has 1 saturated carbocycles. The number of hydrogen-bond donors (Lipinski definition) is 3. The summed E-state index contributed by atoms with van der Waals surface area (Å²) < 4.78 is 0. The van der Waals surface area contributed by atoms with Crippen LogP contribution in [0.1, 0.15) is 49.4 Å². The van der Waals surface area contributed by atoms with Crippen molar-refractivity contribution >= 4 is 35.2 Å². The molecule has 27 heavy (non-hydrogen) atoms. The van der Waals surface area contributed by atoms with E-state index in [1.54, 1.807) is 12.1 Å². The minimum Gasteiger partial charge on any atom is -0.480 e. The van der Waals surface area contributed by atoms with Crippen LogP contribution in [0.25, 0.3) is 0 Å². The average molecular weight is 394 g/mol. The Kier molecular flexibility index (Phi) is 5.60. The number of anilines is 1. The number of carbonyl (C=O) groups is 3. The number of rotatable bonds is 5. The van der Waals surface area contributed by atoms with Crippen molar-refractivity contribution in [2.75, 3.05) is 18.0 Å². The third-order valence-corrected chi connectivity index (χ3v) is 5.99. The SMILES string of the molecule is CCC1CCC(NC(=O)c2cc(N3CCNC3=O)ccc2Cl)(C(=O)O)CC1. The highest BCUT2D eigenvalue weighted by Gasteiger charge is 2.43. The molecule has 1 aliphatic heterocycles. The fourth-order valence-electron chi connectivity index (χ4n) is 3.83. The lowest BCUT2D eigenvalue weighted by Gasteiger charge is -2.37. The summed E-state index contributed by atoms with van der Waals surface area (Å²) in [4.78, 5) is 38.2. The summed E-state index contributed by atoms with van der Waals surface area (Å²) in [7, 11) is 0. The van der Waals surface area contributed by atoms with Crippen molar-refractivity contribution in [1.29, 1.82) is 0 Å². The van der Waals surface area contributed by atoms with Gasteiger partial charge in [0.15, 0.2) is 0 Å². The maximum Gasteiger partial charge on any atom is 0.329 e. The van der Waals surface area contributed by atoms with Gasteiger partial charge in [0.1, 0.15) is 5.54 Å². The summed E-state index contributed by atoms with van der Waals surface area (Å²) >= 11 is 6.20. The molecule has 2 aliphatic rings. The van der Waals surface area contributed by atoms with Crippen LogP contribution in [-0.2, 0) is 4.79 Å². The molecular weight excluding hydrogens is 370 g/mol. The topological polar surface area (TPSA) is 98.7 Å². The van der Waals surface area contributed by atoms with Gasteiger partial charge in [-0.25, -0.2) is 9.59 Å². The molecule has 0 atom stereocenters. The van der Waals surface area contributed by atoms with Crippen LogP contribution in [0.2, 0.25) is 5.02 Å². The van der Waals surface area contributed by atoms with E-state index >= 15 is 0 Å². The number of benzene rings is 1. The molecule has 0 spiro atoms. The monoisotopic (exact) mass is 393 g/mol. The quantitative estimate of drug-likeness (QED) is 0.716. The lowest BCUT2D eigenvalue weighted by molar-refractivity contribution is -0.146. The lowest BCUT2D eigenvalue weighted by atomic mass is 9.75. The van der Waals surface area contributed by atoms with Crippen LogP contribution < -0.4 is 15.5 Å². The first kappa shape index (κ1) is 19.5. The van der Waals surface area contributed by atoms with Gasteiger partial charge in [0.05, 0.1) is 10.6 Å². The molecule has 7 nitrogen and oxygen atoms in total. The fraction of sp³-hybridized carbons (Fsp3) is 0.526. The van der Waals surface area contributed by atoms with Crippen molar-refractivity contribution < 1.29 is 19.5 Å². The predicted octanol–water partition coefficient (Wildman–Crippen LogP) is 3.02. The standard InChI is InChI=1S/C19H24ClN3O4/c1-2-12-5-7-19(8-6-12,17(25)26)22-16(24)14-11-13(3-4-15(14)20)23-10-9-21-18(23)27/h3-4,11-12H,2,5-10H2,1H3,(H,21,27)(H,22,24)(H,25,26). The zero-order valence-electron chi connectivity index (χ0n) is 15.3. The zero-order valence-corrected chi connectivity index (χ0v) is 16.0. The van der Waals surface area contributed by atoms with E-state index in [9.17, 15) is 19.5 Å². The van der Waals surface area contributed by atoms with Gasteiger partial charge in [-0.05, 0) is 49.8 Å². The molecule has 1 heterocycles. The van der Waals surface area contributed by atoms with Gasteiger partial charge < -0.3 is 15.7 Å². The minimum absolute atomic E-state index is 0.173. The number of aliphatic carboxylic acids is 1. The number of amides is 3. The molecule has 8 heteroatoms. The molecule has 3 rings (SSSR count). The number of urea groups is 1. The van der Waals surface area contributed by atoms with Gasteiger partial charge in [0.2, 0.25) is 0 Å². The highest BCUT2D eigenvalue weighted by Crippen LogP contribution is 2.35. The molecule has 1 aliphatic carbocycles. The summed E-state index contributed by atoms with van der Waals surface area (Å²) in [6.45, 7) is 3.12. The normalized spacial score (nSPS) is 25.2. The van der Waals surface area contributed by atoms with Crippen molar-refractivity contribution in [3.05, 3.63) is 28.8 Å². The minimum atomic E-state index is -1.27. The Hall–Kier alpha value is -2.28. The van der Waals surface area contributed by atoms with Gasteiger partial charge in [0.25, 0.3) is 5.91 Å². The number of carbonyl (C=O) groups excluding carboxylic acids is 2. The molecule has 0 radical (unpaired) electrons. The number of halogens is 1. The highest BCUT2D eigenvalue weighted by atomic mass is 35.5. The van der Waals surface area contributed by atoms with E-state index in [1.165, 1.54) is 11.0 Å². The van der Waals surface area contributed by atoms with Crippen LogP contribution in [-0.4, -0.2) is 41.6 Å². The molecule has 1 aromatic carbocycles.